The van der Waals surface area contributed by atoms with Crippen LogP contribution in [0.2, 0.25) is 0 Å². The largest absolute Gasteiger partial charge is 0.381 e. The van der Waals surface area contributed by atoms with Crippen molar-refractivity contribution in [3.63, 3.8) is 0 Å². The van der Waals surface area contributed by atoms with Gasteiger partial charge in [0.2, 0.25) is 0 Å². The molecule has 0 bridgehead atoms. The van der Waals surface area contributed by atoms with E-state index in [9.17, 15) is 4.79 Å². The molecular weight excluding hydrogens is 438 g/mol. The van der Waals surface area contributed by atoms with Crippen molar-refractivity contribution in [2.75, 3.05) is 56.2 Å². The Morgan fingerprint density at radius 3 is 2.63 bits per heavy atom. The molecule has 4 aliphatic heterocycles. The molecular formula is C28H37N5O2. The summed E-state index contributed by atoms with van der Waals surface area (Å²) < 4.78 is 5.80. The van der Waals surface area contributed by atoms with Crippen molar-refractivity contribution in [2.45, 2.75) is 57.3 Å². The first-order valence-corrected chi connectivity index (χ1v) is 13.2. The van der Waals surface area contributed by atoms with E-state index in [1.165, 1.54) is 31.5 Å². The Kier molecular flexibility index (Phi) is 7.22. The number of amides is 1. The van der Waals surface area contributed by atoms with Gasteiger partial charge in [-0.15, -0.1) is 4.99 Å². The van der Waals surface area contributed by atoms with Gasteiger partial charge >= 0.3 is 0 Å². The molecule has 0 saturated carbocycles. The number of piperidine rings is 1. The van der Waals surface area contributed by atoms with Crippen LogP contribution < -0.4 is 10.2 Å². The van der Waals surface area contributed by atoms with Crippen molar-refractivity contribution in [3.8, 4) is 0 Å². The lowest BCUT2D eigenvalue weighted by molar-refractivity contribution is -0.110. The van der Waals surface area contributed by atoms with E-state index < -0.39 is 0 Å². The van der Waals surface area contributed by atoms with Crippen molar-refractivity contribution < 1.29 is 9.53 Å². The Hall–Kier alpha value is -2.69. The molecule has 7 nitrogen and oxygen atoms in total. The maximum atomic E-state index is 13.0. The maximum absolute atomic E-state index is 13.0. The molecule has 0 aromatic heterocycles. The van der Waals surface area contributed by atoms with E-state index >= 15 is 0 Å². The number of benzene rings is 1. The zero-order valence-electron chi connectivity index (χ0n) is 20.9. The van der Waals surface area contributed by atoms with Gasteiger partial charge in [0, 0.05) is 44.7 Å². The first kappa shape index (κ1) is 24.0. The van der Waals surface area contributed by atoms with Crippen LogP contribution in [0, 0.1) is 12.5 Å². The number of rotatable bonds is 6. The second kappa shape index (κ2) is 10.5. The molecule has 7 heteroatoms. The molecule has 4 aliphatic rings. The number of likely N-dealkylation sites (tertiary alicyclic amines) is 1. The molecule has 0 aliphatic carbocycles. The van der Waals surface area contributed by atoms with Crippen LogP contribution in [-0.4, -0.2) is 62.5 Å². The number of anilines is 2. The van der Waals surface area contributed by atoms with Crippen molar-refractivity contribution in [1.82, 2.24) is 4.90 Å². The summed E-state index contributed by atoms with van der Waals surface area (Å²) in [6, 6.07) is 6.68. The summed E-state index contributed by atoms with van der Waals surface area (Å²) in [5.41, 5.74) is 3.83. The fourth-order valence-electron chi connectivity index (χ4n) is 5.97. The number of hydrogen-bond donors (Lipinski definition) is 1. The summed E-state index contributed by atoms with van der Waals surface area (Å²) in [7, 11) is 0. The minimum absolute atomic E-state index is 0.0902. The molecule has 1 N–H and O–H groups in total. The molecule has 4 heterocycles. The summed E-state index contributed by atoms with van der Waals surface area (Å²) in [4.78, 5) is 25.6. The van der Waals surface area contributed by atoms with E-state index in [0.29, 0.717) is 18.0 Å². The van der Waals surface area contributed by atoms with E-state index in [1.54, 1.807) is 6.08 Å². The predicted octanol–water partition coefficient (Wildman–Crippen LogP) is 4.61. The van der Waals surface area contributed by atoms with Crippen LogP contribution in [-0.2, 0) is 14.9 Å². The molecule has 0 atom stereocenters. The quantitative estimate of drug-likeness (QED) is 0.611. The van der Waals surface area contributed by atoms with E-state index in [2.05, 4.69) is 50.1 Å². The SMILES string of the molecule is [C-]#[N+]C1=CCC(C(=O)Nc2ccc(C3(CN4CCCC4)CCOCC3)cc2N2CCC(C)CC2)=N1. The van der Waals surface area contributed by atoms with E-state index in [-0.39, 0.29) is 11.3 Å². The second-order valence-corrected chi connectivity index (χ2v) is 10.7. The normalized spacial score (nSPS) is 23.0. The molecule has 1 aromatic carbocycles. The lowest BCUT2D eigenvalue weighted by Crippen LogP contribution is -2.44. The van der Waals surface area contributed by atoms with Gasteiger partial charge in [0.15, 0.2) is 5.71 Å². The summed E-state index contributed by atoms with van der Waals surface area (Å²) in [5.74, 6) is 0.826. The molecule has 0 radical (unpaired) electrons. The van der Waals surface area contributed by atoms with Gasteiger partial charge in [-0.05, 0) is 75.2 Å². The third kappa shape index (κ3) is 5.29. The predicted molar refractivity (Wildman–Crippen MR) is 140 cm³/mol. The zero-order chi connectivity index (χ0) is 24.3. The fourth-order valence-corrected chi connectivity index (χ4v) is 5.97. The van der Waals surface area contributed by atoms with Gasteiger partial charge in [-0.3, -0.25) is 4.79 Å². The second-order valence-electron chi connectivity index (χ2n) is 10.7. The highest BCUT2D eigenvalue weighted by Crippen LogP contribution is 2.41. The molecule has 1 amide bonds. The van der Waals surface area contributed by atoms with Crippen molar-refractivity contribution >= 4 is 23.0 Å². The molecule has 3 saturated heterocycles. The highest BCUT2D eigenvalue weighted by atomic mass is 16.5. The molecule has 0 unspecified atom stereocenters. The van der Waals surface area contributed by atoms with Gasteiger partial charge in [-0.2, -0.15) is 0 Å². The zero-order valence-corrected chi connectivity index (χ0v) is 20.9. The Labute approximate surface area is 209 Å². The van der Waals surface area contributed by atoms with E-state index in [4.69, 9.17) is 11.3 Å². The third-order valence-electron chi connectivity index (χ3n) is 8.26. The lowest BCUT2D eigenvalue weighted by Gasteiger charge is -2.42. The molecule has 3 fully saturated rings. The molecule has 5 rings (SSSR count). The van der Waals surface area contributed by atoms with Gasteiger partial charge in [-0.25, -0.2) is 0 Å². The highest BCUT2D eigenvalue weighted by Gasteiger charge is 2.38. The van der Waals surface area contributed by atoms with Crippen molar-refractivity contribution in [2.24, 2.45) is 10.9 Å². The minimum Gasteiger partial charge on any atom is -0.381 e. The Bertz CT molecular complexity index is 1040. The smallest absolute Gasteiger partial charge is 0.294 e. The number of ether oxygens (including phenoxy) is 1. The minimum atomic E-state index is -0.211. The number of allylic oxidation sites excluding steroid dienone is 1. The number of nitrogens with zero attached hydrogens (tertiary/aromatic N) is 4. The monoisotopic (exact) mass is 475 g/mol. The summed E-state index contributed by atoms with van der Waals surface area (Å²) in [6.07, 6.45) is 9.11. The number of nitrogens with one attached hydrogen (secondary N) is 1. The molecule has 186 valence electrons. The van der Waals surface area contributed by atoms with Crippen molar-refractivity contribution in [3.05, 3.63) is 47.1 Å². The highest BCUT2D eigenvalue weighted by molar-refractivity contribution is 6.44. The lowest BCUT2D eigenvalue weighted by atomic mass is 9.73. The number of aliphatic imine (C=N–C) groups is 1. The van der Waals surface area contributed by atoms with Crippen LogP contribution in [0.15, 0.2) is 35.1 Å². The topological polar surface area (TPSA) is 61.5 Å². The summed E-state index contributed by atoms with van der Waals surface area (Å²) >= 11 is 0. The average Bonchev–Trinajstić information content (AvgIpc) is 3.58. The summed E-state index contributed by atoms with van der Waals surface area (Å²) in [6.45, 7) is 16.6. The maximum Gasteiger partial charge on any atom is 0.294 e. The van der Waals surface area contributed by atoms with Gasteiger partial charge < -0.3 is 24.7 Å². The first-order chi connectivity index (χ1) is 17.1. The van der Waals surface area contributed by atoms with E-state index in [1.807, 2.05) is 0 Å². The average molecular weight is 476 g/mol. The Morgan fingerprint density at radius 2 is 1.94 bits per heavy atom. The number of carbonyl (C=O) groups is 1. The van der Waals surface area contributed by atoms with Crippen LogP contribution >= 0.6 is 0 Å². The van der Waals surface area contributed by atoms with Gasteiger partial charge in [0.05, 0.1) is 11.4 Å². The van der Waals surface area contributed by atoms with Gasteiger partial charge in [0.1, 0.15) is 0 Å². The Morgan fingerprint density at radius 1 is 1.20 bits per heavy atom. The summed E-state index contributed by atoms with van der Waals surface area (Å²) in [5, 5.41) is 3.14. The fraction of sp³-hybridized carbons (Fsp3) is 0.607. The number of hydrogen-bond acceptors (Lipinski definition) is 5. The van der Waals surface area contributed by atoms with Crippen LogP contribution in [0.25, 0.3) is 4.85 Å². The number of carbonyl (C=O) groups excluding carboxylic acids is 1. The molecule has 0 spiro atoms. The van der Waals surface area contributed by atoms with Crippen LogP contribution in [0.3, 0.4) is 0 Å². The van der Waals surface area contributed by atoms with Gasteiger partial charge in [-0.1, -0.05) is 25.6 Å². The van der Waals surface area contributed by atoms with Crippen LogP contribution in [0.4, 0.5) is 11.4 Å². The van der Waals surface area contributed by atoms with E-state index in [0.717, 1.165) is 75.8 Å². The molecule has 1 aromatic rings. The standard InChI is InChI=1S/C28H37N5O2/c1-21-9-15-33(16-10-21)25-19-22(28(11-17-35-18-12-28)20-32-13-3-4-14-32)5-6-23(25)31-27(34)24-7-8-26(29-2)30-24/h5-6,8,19,21H,3-4,7,9-18,20H2,1H3,(H,31,34). The van der Waals surface area contributed by atoms with Gasteiger partial charge in [0.25, 0.3) is 11.7 Å². The first-order valence-electron chi connectivity index (χ1n) is 13.2. The van der Waals surface area contributed by atoms with Crippen LogP contribution in [0.5, 0.6) is 0 Å². The Balaban J connectivity index is 1.45. The van der Waals surface area contributed by atoms with Crippen molar-refractivity contribution in [1.29, 1.82) is 0 Å². The molecule has 35 heavy (non-hydrogen) atoms. The van der Waals surface area contributed by atoms with Crippen LogP contribution in [0.1, 0.15) is 57.4 Å². The third-order valence-corrected chi connectivity index (χ3v) is 8.26.